The molecule has 0 radical (unpaired) electrons. The molecule has 4 nitrogen and oxygen atoms in total. The van der Waals surface area contributed by atoms with Gasteiger partial charge in [0.1, 0.15) is 24.7 Å². The summed E-state index contributed by atoms with van der Waals surface area (Å²) in [5, 5.41) is 0. The van der Waals surface area contributed by atoms with Gasteiger partial charge < -0.3 is 18.9 Å². The van der Waals surface area contributed by atoms with Gasteiger partial charge in [0.15, 0.2) is 0 Å². The van der Waals surface area contributed by atoms with Gasteiger partial charge in [0.05, 0.1) is 13.2 Å². The SMILES string of the molecule is C(C#CCOCCCCCOc1ccc(-c2ccccc2)cc1)#CCOCCCCCOc1ccc(-c2ccccc2)cc1. The van der Waals surface area contributed by atoms with E-state index in [9.17, 15) is 0 Å². The van der Waals surface area contributed by atoms with Crippen molar-refractivity contribution < 1.29 is 18.9 Å². The third-order valence-electron chi connectivity index (χ3n) is 6.91. The second-order valence-corrected chi connectivity index (χ2v) is 10.3. The lowest BCUT2D eigenvalue weighted by molar-refractivity contribution is 0.159. The van der Waals surface area contributed by atoms with E-state index in [1.807, 2.05) is 36.4 Å². The van der Waals surface area contributed by atoms with Gasteiger partial charge in [-0.25, -0.2) is 0 Å². The first kappa shape index (κ1) is 32.4. The van der Waals surface area contributed by atoms with Gasteiger partial charge in [-0.1, -0.05) is 96.8 Å². The minimum Gasteiger partial charge on any atom is -0.494 e. The summed E-state index contributed by atoms with van der Waals surface area (Å²) in [7, 11) is 0. The summed E-state index contributed by atoms with van der Waals surface area (Å²) in [6.45, 7) is 3.62. The molecule has 0 aromatic heterocycles. The molecule has 4 aromatic carbocycles. The number of ether oxygens (including phenoxy) is 4. The van der Waals surface area contributed by atoms with Crippen LogP contribution < -0.4 is 9.47 Å². The molecule has 0 spiro atoms. The highest BCUT2D eigenvalue weighted by Crippen LogP contribution is 2.23. The Labute approximate surface area is 263 Å². The highest BCUT2D eigenvalue weighted by atomic mass is 16.5. The quantitative estimate of drug-likeness (QED) is 0.0862. The highest BCUT2D eigenvalue weighted by Gasteiger charge is 2.00. The van der Waals surface area contributed by atoms with E-state index >= 15 is 0 Å². The first-order chi connectivity index (χ1) is 21.9. The van der Waals surface area contributed by atoms with E-state index < -0.39 is 0 Å². The lowest BCUT2D eigenvalue weighted by Crippen LogP contribution is -2.00. The average Bonchev–Trinajstić information content (AvgIpc) is 3.09. The Kier molecular flexibility index (Phi) is 15.1. The number of benzene rings is 4. The Hall–Kier alpha value is -4.48. The Morgan fingerprint density at radius 2 is 0.727 bits per heavy atom. The summed E-state index contributed by atoms with van der Waals surface area (Å²) >= 11 is 0. The fourth-order valence-electron chi connectivity index (χ4n) is 4.50. The van der Waals surface area contributed by atoms with Crippen LogP contribution in [0, 0.1) is 23.7 Å². The maximum atomic E-state index is 5.86. The van der Waals surface area contributed by atoms with E-state index in [1.54, 1.807) is 0 Å². The smallest absolute Gasteiger partial charge is 0.119 e. The zero-order valence-electron chi connectivity index (χ0n) is 25.5. The van der Waals surface area contributed by atoms with Gasteiger partial charge in [-0.3, -0.25) is 0 Å². The number of hydrogen-bond acceptors (Lipinski definition) is 4. The molecule has 0 N–H and O–H groups in total. The van der Waals surface area contributed by atoms with Crippen molar-refractivity contribution in [1.82, 2.24) is 0 Å². The Bertz CT molecular complexity index is 1330. The van der Waals surface area contributed by atoms with Crippen molar-refractivity contribution in [1.29, 1.82) is 0 Å². The van der Waals surface area contributed by atoms with Crippen LogP contribution in [0.1, 0.15) is 38.5 Å². The van der Waals surface area contributed by atoms with E-state index in [2.05, 4.69) is 96.5 Å². The first-order valence-corrected chi connectivity index (χ1v) is 15.6. The molecule has 0 heterocycles. The molecular formula is C40H42O4. The maximum absolute atomic E-state index is 5.86. The van der Waals surface area contributed by atoms with Crippen LogP contribution in [0.4, 0.5) is 0 Å². The van der Waals surface area contributed by atoms with E-state index in [-0.39, 0.29) is 0 Å². The van der Waals surface area contributed by atoms with Gasteiger partial charge in [-0.05, 0) is 96.9 Å². The summed E-state index contributed by atoms with van der Waals surface area (Å²) in [6.07, 6.45) is 6.10. The summed E-state index contributed by atoms with van der Waals surface area (Å²) in [4.78, 5) is 0. The maximum Gasteiger partial charge on any atom is 0.119 e. The monoisotopic (exact) mass is 586 g/mol. The van der Waals surface area contributed by atoms with E-state index in [4.69, 9.17) is 18.9 Å². The van der Waals surface area contributed by atoms with E-state index in [0.717, 1.165) is 50.0 Å². The summed E-state index contributed by atoms with van der Waals surface area (Å²) in [5.74, 6) is 13.3. The fraction of sp³-hybridized carbons (Fsp3) is 0.300. The molecule has 0 aliphatic carbocycles. The van der Waals surface area contributed by atoms with Crippen LogP contribution >= 0.6 is 0 Å². The van der Waals surface area contributed by atoms with Crippen LogP contribution in [0.5, 0.6) is 11.5 Å². The summed E-state index contributed by atoms with van der Waals surface area (Å²) in [5.41, 5.74) is 4.82. The largest absolute Gasteiger partial charge is 0.494 e. The van der Waals surface area contributed by atoms with Gasteiger partial charge in [0, 0.05) is 13.2 Å². The summed E-state index contributed by atoms with van der Waals surface area (Å²) in [6, 6.07) is 37.3. The highest BCUT2D eigenvalue weighted by molar-refractivity contribution is 5.64. The van der Waals surface area contributed by atoms with Crippen molar-refractivity contribution in [3.05, 3.63) is 109 Å². The predicted molar refractivity (Wildman–Crippen MR) is 180 cm³/mol. The Balaban J connectivity index is 0.908. The Morgan fingerprint density at radius 1 is 0.364 bits per heavy atom. The van der Waals surface area contributed by atoms with Crippen LogP contribution in [0.15, 0.2) is 109 Å². The molecular weight excluding hydrogens is 544 g/mol. The molecule has 0 fully saturated rings. The number of rotatable bonds is 18. The first-order valence-electron chi connectivity index (χ1n) is 15.6. The Morgan fingerprint density at radius 3 is 1.14 bits per heavy atom. The lowest BCUT2D eigenvalue weighted by Gasteiger charge is -2.07. The van der Waals surface area contributed by atoms with Crippen LogP contribution in [-0.2, 0) is 9.47 Å². The molecule has 0 bridgehead atoms. The third-order valence-corrected chi connectivity index (χ3v) is 6.91. The van der Waals surface area contributed by atoms with Crippen LogP contribution in [0.2, 0.25) is 0 Å². The molecule has 0 amide bonds. The number of hydrogen-bond donors (Lipinski definition) is 0. The minimum absolute atomic E-state index is 0.402. The van der Waals surface area contributed by atoms with Crippen LogP contribution in [-0.4, -0.2) is 39.6 Å². The van der Waals surface area contributed by atoms with Crippen molar-refractivity contribution in [3.8, 4) is 57.4 Å². The van der Waals surface area contributed by atoms with Crippen molar-refractivity contribution in [2.75, 3.05) is 39.6 Å². The molecule has 4 rings (SSSR count). The fourth-order valence-corrected chi connectivity index (χ4v) is 4.50. The van der Waals surface area contributed by atoms with Gasteiger partial charge in [-0.15, -0.1) is 0 Å². The molecule has 4 heteroatoms. The van der Waals surface area contributed by atoms with Crippen molar-refractivity contribution >= 4 is 0 Å². The van der Waals surface area contributed by atoms with Crippen molar-refractivity contribution in [3.63, 3.8) is 0 Å². The molecule has 4 aromatic rings. The average molecular weight is 587 g/mol. The second-order valence-electron chi connectivity index (χ2n) is 10.3. The van der Waals surface area contributed by atoms with Crippen LogP contribution in [0.25, 0.3) is 22.3 Å². The van der Waals surface area contributed by atoms with E-state index in [0.29, 0.717) is 39.6 Å². The number of unbranched alkanes of at least 4 members (excludes halogenated alkanes) is 4. The van der Waals surface area contributed by atoms with Crippen molar-refractivity contribution in [2.24, 2.45) is 0 Å². The molecule has 0 aliphatic rings. The minimum atomic E-state index is 0.402. The molecule has 0 aliphatic heterocycles. The third kappa shape index (κ3) is 12.8. The van der Waals surface area contributed by atoms with Gasteiger partial charge in [0.25, 0.3) is 0 Å². The van der Waals surface area contributed by atoms with E-state index in [1.165, 1.54) is 22.3 Å². The van der Waals surface area contributed by atoms with Crippen molar-refractivity contribution in [2.45, 2.75) is 38.5 Å². The normalized spacial score (nSPS) is 10.3. The van der Waals surface area contributed by atoms with Gasteiger partial charge in [-0.2, -0.15) is 0 Å². The molecule has 44 heavy (non-hydrogen) atoms. The predicted octanol–water partition coefficient (Wildman–Crippen LogP) is 8.86. The molecule has 0 saturated heterocycles. The lowest BCUT2D eigenvalue weighted by atomic mass is 10.1. The molecule has 0 unspecified atom stereocenters. The zero-order chi connectivity index (χ0) is 30.3. The second kappa shape index (κ2) is 20.4. The van der Waals surface area contributed by atoms with Gasteiger partial charge in [0.2, 0.25) is 0 Å². The molecule has 0 atom stereocenters. The standard InChI is InChI=1S/C40H42O4/c1(11-29-41-31-13-5-15-33-43-39-25-21-37(22-26-39)35-17-7-3-8-18-35)2-12-30-42-32-14-6-16-34-44-40-27-23-38(24-28-40)36-19-9-4-10-20-36/h3-4,7-10,17-28H,5-6,13-16,29-34H2. The topological polar surface area (TPSA) is 36.9 Å². The molecule has 0 saturated carbocycles. The van der Waals surface area contributed by atoms with Gasteiger partial charge >= 0.3 is 0 Å². The zero-order valence-corrected chi connectivity index (χ0v) is 25.5. The summed E-state index contributed by atoms with van der Waals surface area (Å²) < 4.78 is 22.9. The van der Waals surface area contributed by atoms with Crippen LogP contribution in [0.3, 0.4) is 0 Å². The molecule has 226 valence electrons.